The maximum absolute atomic E-state index is 8.74. The van der Waals surface area contributed by atoms with Gasteiger partial charge in [-0.3, -0.25) is 0 Å². The molecule has 0 aromatic carbocycles. The Hall–Kier alpha value is -0.880. The molecule has 0 saturated carbocycles. The van der Waals surface area contributed by atoms with Crippen LogP contribution in [-0.2, 0) is 0 Å². The van der Waals surface area contributed by atoms with Gasteiger partial charge in [-0.25, -0.2) is 0 Å². The first-order valence-electron chi connectivity index (χ1n) is 3.48. The first kappa shape index (κ1) is 8.22. The zero-order valence-corrected chi connectivity index (χ0v) is 7.48. The van der Waals surface area contributed by atoms with Gasteiger partial charge in [0.15, 0.2) is 0 Å². The van der Waals surface area contributed by atoms with Crippen LogP contribution in [0.25, 0.3) is 0 Å². The van der Waals surface area contributed by atoms with Crippen LogP contribution < -0.4 is 0 Å². The molecule has 3 heteroatoms. The molecule has 0 radical (unpaired) electrons. The Morgan fingerprint density at radius 2 is 2.45 bits per heavy atom. The fraction of sp³-hybridized carbons (Fsp3) is 0.500. The first-order valence-corrected chi connectivity index (χ1v) is 3.89. The van der Waals surface area contributed by atoms with Crippen LogP contribution in [0.2, 0.25) is 0 Å². The van der Waals surface area contributed by atoms with E-state index in [0.29, 0.717) is 0 Å². The van der Waals surface area contributed by atoms with Crippen molar-refractivity contribution in [2.24, 2.45) is 5.92 Å². The van der Waals surface area contributed by atoms with Crippen LogP contribution in [0.15, 0.2) is 11.6 Å². The predicted molar refractivity (Wildman–Crippen MR) is 48.1 cm³/mol. The van der Waals surface area contributed by atoms with E-state index >= 15 is 0 Å². The summed E-state index contributed by atoms with van der Waals surface area (Å²) in [6.45, 7) is 2.79. The van der Waals surface area contributed by atoms with Crippen LogP contribution >= 0.6 is 12.2 Å². The molecular formula is C8H10N2S. The van der Waals surface area contributed by atoms with E-state index in [1.807, 2.05) is 24.9 Å². The summed E-state index contributed by atoms with van der Waals surface area (Å²) in [7, 11) is 1.91. The summed E-state index contributed by atoms with van der Waals surface area (Å²) in [4.78, 5) is 2.67. The average molecular weight is 166 g/mol. The molecule has 1 unspecified atom stereocenters. The van der Waals surface area contributed by atoms with Gasteiger partial charge in [-0.1, -0.05) is 23.9 Å². The standard InChI is InChI=1S/C8H10N2S/c1-6-3-4-10(2)8(11)7(6)5-9/h3,7H,4H2,1-2H3. The number of hydrogen-bond acceptors (Lipinski definition) is 2. The molecular weight excluding hydrogens is 156 g/mol. The summed E-state index contributed by atoms with van der Waals surface area (Å²) in [5.41, 5.74) is 1.08. The largest absolute Gasteiger partial charge is 0.364 e. The van der Waals surface area contributed by atoms with Crippen LogP contribution in [0.3, 0.4) is 0 Å². The Bertz CT molecular complexity index is 249. The molecule has 11 heavy (non-hydrogen) atoms. The second-order valence-electron chi connectivity index (χ2n) is 2.73. The summed E-state index contributed by atoms with van der Waals surface area (Å²) in [6, 6.07) is 2.18. The highest BCUT2D eigenvalue weighted by molar-refractivity contribution is 7.80. The number of likely N-dealkylation sites (N-methyl/N-ethyl adjacent to an activating group) is 1. The second-order valence-corrected chi connectivity index (χ2v) is 3.15. The lowest BCUT2D eigenvalue weighted by Gasteiger charge is -2.27. The molecule has 1 heterocycles. The number of hydrogen-bond donors (Lipinski definition) is 0. The molecule has 58 valence electrons. The first-order chi connectivity index (χ1) is 5.16. The molecule has 0 aromatic rings. The minimum Gasteiger partial charge on any atom is -0.364 e. The summed E-state index contributed by atoms with van der Waals surface area (Å²) >= 11 is 5.09. The van der Waals surface area contributed by atoms with Gasteiger partial charge >= 0.3 is 0 Å². The van der Waals surface area contributed by atoms with Crippen molar-refractivity contribution >= 4 is 17.2 Å². The third-order valence-electron chi connectivity index (χ3n) is 1.89. The minimum absolute atomic E-state index is 0.177. The Morgan fingerprint density at radius 3 is 2.91 bits per heavy atom. The molecule has 0 aromatic heterocycles. The number of rotatable bonds is 0. The van der Waals surface area contributed by atoms with E-state index in [9.17, 15) is 0 Å². The average Bonchev–Trinajstić information content (AvgIpc) is 1.99. The topological polar surface area (TPSA) is 27.0 Å². The molecule has 0 spiro atoms. The second kappa shape index (κ2) is 3.02. The van der Waals surface area contributed by atoms with Gasteiger partial charge in [-0.15, -0.1) is 0 Å². The van der Waals surface area contributed by atoms with E-state index in [0.717, 1.165) is 17.1 Å². The Kier molecular flexibility index (Phi) is 2.25. The van der Waals surface area contributed by atoms with Gasteiger partial charge in [0.1, 0.15) is 5.92 Å². The molecule has 0 saturated heterocycles. The highest BCUT2D eigenvalue weighted by Gasteiger charge is 2.22. The fourth-order valence-corrected chi connectivity index (χ4v) is 1.37. The Labute approximate surface area is 72.1 Å². The number of thiocarbonyl (C=S) groups is 1. The highest BCUT2D eigenvalue weighted by Crippen LogP contribution is 2.18. The van der Waals surface area contributed by atoms with Crippen molar-refractivity contribution in [3.05, 3.63) is 11.6 Å². The van der Waals surface area contributed by atoms with E-state index in [4.69, 9.17) is 17.5 Å². The van der Waals surface area contributed by atoms with Crippen molar-refractivity contribution in [1.82, 2.24) is 4.90 Å². The number of nitrogens with zero attached hydrogens (tertiary/aromatic N) is 2. The van der Waals surface area contributed by atoms with Crippen molar-refractivity contribution in [1.29, 1.82) is 5.26 Å². The van der Waals surface area contributed by atoms with E-state index < -0.39 is 0 Å². The van der Waals surface area contributed by atoms with E-state index in [1.54, 1.807) is 0 Å². The van der Waals surface area contributed by atoms with Crippen LogP contribution in [-0.4, -0.2) is 23.5 Å². The quantitative estimate of drug-likeness (QED) is 0.401. The van der Waals surface area contributed by atoms with Crippen molar-refractivity contribution in [3.63, 3.8) is 0 Å². The fourth-order valence-electron chi connectivity index (χ4n) is 1.06. The number of nitriles is 1. The Morgan fingerprint density at radius 1 is 1.82 bits per heavy atom. The van der Waals surface area contributed by atoms with Crippen LogP contribution in [0.1, 0.15) is 6.92 Å². The summed E-state index contributed by atoms with van der Waals surface area (Å²) in [5.74, 6) is -0.177. The summed E-state index contributed by atoms with van der Waals surface area (Å²) in [6.07, 6.45) is 2.05. The monoisotopic (exact) mass is 166 g/mol. The molecule has 1 aliphatic heterocycles. The van der Waals surface area contributed by atoms with Crippen molar-refractivity contribution < 1.29 is 0 Å². The zero-order chi connectivity index (χ0) is 8.43. The lowest BCUT2D eigenvalue weighted by atomic mass is 9.98. The van der Waals surface area contributed by atoms with Gasteiger partial charge in [0, 0.05) is 13.6 Å². The summed E-state index contributed by atoms with van der Waals surface area (Å²) in [5, 5.41) is 8.74. The van der Waals surface area contributed by atoms with Crippen molar-refractivity contribution in [3.8, 4) is 6.07 Å². The molecule has 0 N–H and O–H groups in total. The van der Waals surface area contributed by atoms with Gasteiger partial charge in [0.05, 0.1) is 11.1 Å². The Balaban J connectivity index is 2.92. The van der Waals surface area contributed by atoms with Crippen LogP contribution in [0.4, 0.5) is 0 Å². The molecule has 0 fully saturated rings. The van der Waals surface area contributed by atoms with Crippen molar-refractivity contribution in [2.45, 2.75) is 6.92 Å². The molecule has 1 rings (SSSR count). The van der Waals surface area contributed by atoms with Crippen LogP contribution in [0, 0.1) is 17.2 Å². The molecule has 0 aliphatic carbocycles. The van der Waals surface area contributed by atoms with Gasteiger partial charge < -0.3 is 4.90 Å². The lowest BCUT2D eigenvalue weighted by Crippen LogP contribution is -2.35. The zero-order valence-electron chi connectivity index (χ0n) is 6.66. The van der Waals surface area contributed by atoms with Gasteiger partial charge in [0.25, 0.3) is 0 Å². The van der Waals surface area contributed by atoms with Crippen LogP contribution in [0.5, 0.6) is 0 Å². The smallest absolute Gasteiger partial charge is 0.117 e. The SMILES string of the molecule is CC1=CCN(C)C(=S)C1C#N. The molecule has 1 aliphatic rings. The molecule has 1 atom stereocenters. The molecule has 0 bridgehead atoms. The third kappa shape index (κ3) is 1.41. The summed E-state index contributed by atoms with van der Waals surface area (Å²) < 4.78 is 0. The highest BCUT2D eigenvalue weighted by atomic mass is 32.1. The third-order valence-corrected chi connectivity index (χ3v) is 2.44. The predicted octanol–water partition coefficient (Wildman–Crippen LogP) is 1.35. The normalized spacial score (nSPS) is 24.5. The maximum atomic E-state index is 8.74. The molecule has 2 nitrogen and oxygen atoms in total. The van der Waals surface area contributed by atoms with E-state index in [1.165, 1.54) is 0 Å². The minimum atomic E-state index is -0.177. The maximum Gasteiger partial charge on any atom is 0.117 e. The van der Waals surface area contributed by atoms with E-state index in [-0.39, 0.29) is 5.92 Å². The lowest BCUT2D eigenvalue weighted by molar-refractivity contribution is 0.536. The van der Waals surface area contributed by atoms with E-state index in [2.05, 4.69) is 6.07 Å². The van der Waals surface area contributed by atoms with Crippen molar-refractivity contribution in [2.75, 3.05) is 13.6 Å². The van der Waals surface area contributed by atoms with Gasteiger partial charge in [-0.2, -0.15) is 5.26 Å². The van der Waals surface area contributed by atoms with Gasteiger partial charge in [0.2, 0.25) is 0 Å². The molecule has 0 amide bonds. The van der Waals surface area contributed by atoms with Gasteiger partial charge in [-0.05, 0) is 6.92 Å².